The average molecular weight is 439 g/mol. The van der Waals surface area contributed by atoms with Gasteiger partial charge in [-0.2, -0.15) is 5.10 Å². The van der Waals surface area contributed by atoms with Gasteiger partial charge < -0.3 is 5.11 Å². The predicted molar refractivity (Wildman–Crippen MR) is 129 cm³/mol. The Kier molecular flexibility index (Phi) is 6.50. The van der Waals surface area contributed by atoms with Gasteiger partial charge in [0.15, 0.2) is 0 Å². The molecule has 32 heavy (non-hydrogen) atoms. The molecule has 0 fully saturated rings. The molecule has 4 nitrogen and oxygen atoms in total. The van der Waals surface area contributed by atoms with Gasteiger partial charge in [-0.25, -0.2) is 5.43 Å². The summed E-state index contributed by atoms with van der Waals surface area (Å²) in [5, 5.41) is 15.7. The minimum Gasteiger partial charge on any atom is -0.506 e. The van der Waals surface area contributed by atoms with Crippen LogP contribution in [0.4, 0.5) is 0 Å². The van der Waals surface area contributed by atoms with E-state index in [1.807, 2.05) is 54.6 Å². The Morgan fingerprint density at radius 2 is 1.72 bits per heavy atom. The molecule has 4 rings (SSSR count). The first-order valence-electron chi connectivity index (χ1n) is 9.98. The number of fused-ring (bicyclic) bond motifs is 1. The van der Waals surface area contributed by atoms with Crippen LogP contribution in [-0.4, -0.2) is 17.2 Å². The van der Waals surface area contributed by atoms with E-state index in [0.717, 1.165) is 21.9 Å². The number of hydrogen-bond acceptors (Lipinski definition) is 3. The number of amides is 1. The molecule has 0 saturated carbocycles. The standard InChI is InChI=1S/C27H19ClN2O2/c28-25-17-21(15-16-26(25)31)27(32)30-29-18-22-14-13-20(23-11-4-5-12-24(22)23)10-6-9-19-7-2-1-3-8-19/h1-5,7-8,11-18,31H,9H2,(H,30,32). The fraction of sp³-hybridized carbons (Fsp3) is 0.0370. The number of carbonyl (C=O) groups is 1. The van der Waals surface area contributed by atoms with E-state index in [2.05, 4.69) is 34.5 Å². The molecule has 0 heterocycles. The van der Waals surface area contributed by atoms with Crippen molar-refractivity contribution in [3.63, 3.8) is 0 Å². The summed E-state index contributed by atoms with van der Waals surface area (Å²) in [6, 6.07) is 26.2. The molecule has 0 aliphatic heterocycles. The Morgan fingerprint density at radius 3 is 2.50 bits per heavy atom. The van der Waals surface area contributed by atoms with Crippen molar-refractivity contribution in [2.24, 2.45) is 5.10 Å². The number of hydrogen-bond donors (Lipinski definition) is 2. The van der Waals surface area contributed by atoms with Crippen LogP contribution in [0.15, 0.2) is 90.0 Å². The van der Waals surface area contributed by atoms with Crippen molar-refractivity contribution in [2.75, 3.05) is 0 Å². The maximum Gasteiger partial charge on any atom is 0.271 e. The Morgan fingerprint density at radius 1 is 0.969 bits per heavy atom. The Hall–Kier alpha value is -4.07. The highest BCUT2D eigenvalue weighted by Gasteiger charge is 2.08. The van der Waals surface area contributed by atoms with Crippen LogP contribution < -0.4 is 5.43 Å². The first-order valence-corrected chi connectivity index (χ1v) is 10.4. The molecule has 0 spiro atoms. The zero-order valence-corrected chi connectivity index (χ0v) is 17.8. The van der Waals surface area contributed by atoms with Crippen molar-refractivity contribution < 1.29 is 9.90 Å². The van der Waals surface area contributed by atoms with Crippen LogP contribution >= 0.6 is 11.6 Å². The number of phenolic OH excluding ortho intramolecular Hbond substituents is 1. The molecule has 0 aromatic heterocycles. The summed E-state index contributed by atoms with van der Waals surface area (Å²) in [5.74, 6) is 6.02. The predicted octanol–water partition coefficient (Wildman–Crippen LogP) is 5.56. The van der Waals surface area contributed by atoms with E-state index in [0.29, 0.717) is 12.0 Å². The number of rotatable bonds is 4. The summed E-state index contributed by atoms with van der Waals surface area (Å²) in [6.07, 6.45) is 2.29. The fourth-order valence-electron chi connectivity index (χ4n) is 3.25. The monoisotopic (exact) mass is 438 g/mol. The van der Waals surface area contributed by atoms with E-state index < -0.39 is 5.91 Å². The lowest BCUT2D eigenvalue weighted by Gasteiger charge is -2.05. The van der Waals surface area contributed by atoms with Gasteiger partial charge in [0.25, 0.3) is 5.91 Å². The highest BCUT2D eigenvalue weighted by molar-refractivity contribution is 6.32. The normalized spacial score (nSPS) is 10.7. The molecule has 0 atom stereocenters. The minimum absolute atomic E-state index is 0.0786. The summed E-state index contributed by atoms with van der Waals surface area (Å²) < 4.78 is 0. The Balaban J connectivity index is 1.53. The van der Waals surface area contributed by atoms with Crippen LogP contribution in [0.3, 0.4) is 0 Å². The van der Waals surface area contributed by atoms with Gasteiger partial charge in [0.2, 0.25) is 0 Å². The average Bonchev–Trinajstić information content (AvgIpc) is 2.82. The third-order valence-corrected chi connectivity index (χ3v) is 5.20. The van der Waals surface area contributed by atoms with Gasteiger partial charge in [0.05, 0.1) is 11.2 Å². The van der Waals surface area contributed by atoms with Gasteiger partial charge >= 0.3 is 0 Å². The van der Waals surface area contributed by atoms with Gasteiger partial charge in [-0.05, 0) is 40.6 Å². The van der Waals surface area contributed by atoms with Crippen LogP contribution in [0.5, 0.6) is 5.75 Å². The molecule has 4 aromatic carbocycles. The van der Waals surface area contributed by atoms with E-state index >= 15 is 0 Å². The molecular weight excluding hydrogens is 420 g/mol. The third kappa shape index (κ3) is 4.97. The van der Waals surface area contributed by atoms with Gasteiger partial charge in [-0.3, -0.25) is 4.79 Å². The molecule has 4 aromatic rings. The molecule has 156 valence electrons. The molecule has 1 amide bonds. The summed E-state index contributed by atoms with van der Waals surface area (Å²) in [4.78, 5) is 12.3. The van der Waals surface area contributed by atoms with E-state index in [9.17, 15) is 9.90 Å². The Bertz CT molecular complexity index is 1370. The Labute approximate surface area is 191 Å². The number of aromatic hydroxyl groups is 1. The second-order valence-corrected chi connectivity index (χ2v) is 7.48. The van der Waals surface area contributed by atoms with Crippen LogP contribution in [-0.2, 0) is 6.42 Å². The third-order valence-electron chi connectivity index (χ3n) is 4.90. The number of nitrogens with zero attached hydrogens (tertiary/aromatic N) is 1. The van der Waals surface area contributed by atoms with Gasteiger partial charge in [0, 0.05) is 23.1 Å². The minimum atomic E-state index is -0.421. The van der Waals surface area contributed by atoms with Crippen molar-refractivity contribution in [3.05, 3.63) is 112 Å². The van der Waals surface area contributed by atoms with Crippen LogP contribution in [0.25, 0.3) is 10.8 Å². The number of halogens is 1. The van der Waals surface area contributed by atoms with Crippen molar-refractivity contribution in [1.82, 2.24) is 5.43 Å². The second kappa shape index (κ2) is 9.82. The highest BCUT2D eigenvalue weighted by atomic mass is 35.5. The second-order valence-electron chi connectivity index (χ2n) is 7.08. The number of phenols is 1. The first kappa shape index (κ1) is 21.2. The highest BCUT2D eigenvalue weighted by Crippen LogP contribution is 2.24. The molecule has 5 heteroatoms. The van der Waals surface area contributed by atoms with Gasteiger partial charge in [-0.15, -0.1) is 0 Å². The molecule has 0 aliphatic carbocycles. The van der Waals surface area contributed by atoms with Crippen LogP contribution in [0, 0.1) is 11.8 Å². The number of benzene rings is 4. The van der Waals surface area contributed by atoms with E-state index in [1.54, 1.807) is 6.21 Å². The largest absolute Gasteiger partial charge is 0.506 e. The maximum atomic E-state index is 12.3. The van der Waals surface area contributed by atoms with E-state index in [1.165, 1.54) is 23.8 Å². The number of hydrazone groups is 1. The van der Waals surface area contributed by atoms with Gasteiger partial charge in [0.1, 0.15) is 5.75 Å². The number of nitrogens with one attached hydrogen (secondary N) is 1. The van der Waals surface area contributed by atoms with Crippen molar-refractivity contribution in [3.8, 4) is 17.6 Å². The molecule has 0 unspecified atom stereocenters. The fourth-order valence-corrected chi connectivity index (χ4v) is 3.43. The number of carbonyl (C=O) groups excluding carboxylic acids is 1. The molecule has 2 N–H and O–H groups in total. The zero-order valence-electron chi connectivity index (χ0n) is 17.0. The smallest absolute Gasteiger partial charge is 0.271 e. The van der Waals surface area contributed by atoms with Crippen LogP contribution in [0.2, 0.25) is 5.02 Å². The maximum absolute atomic E-state index is 12.3. The molecular formula is C27H19ClN2O2. The summed E-state index contributed by atoms with van der Waals surface area (Å²) >= 11 is 5.86. The van der Waals surface area contributed by atoms with E-state index in [4.69, 9.17) is 11.6 Å². The molecule has 0 bridgehead atoms. The van der Waals surface area contributed by atoms with Gasteiger partial charge in [-0.1, -0.05) is 84.1 Å². The van der Waals surface area contributed by atoms with Crippen molar-refractivity contribution in [2.45, 2.75) is 6.42 Å². The topological polar surface area (TPSA) is 61.7 Å². The van der Waals surface area contributed by atoms with Crippen LogP contribution in [0.1, 0.15) is 27.0 Å². The SMILES string of the molecule is O=C(NN=Cc1ccc(C#CCc2ccccc2)c2ccccc12)c1ccc(O)c(Cl)c1. The molecule has 0 radical (unpaired) electrons. The lowest BCUT2D eigenvalue weighted by molar-refractivity contribution is 0.0955. The quantitative estimate of drug-likeness (QED) is 0.249. The molecule has 0 aliphatic rings. The lowest BCUT2D eigenvalue weighted by atomic mass is 10.00. The van der Waals surface area contributed by atoms with Crippen molar-refractivity contribution in [1.29, 1.82) is 0 Å². The molecule has 0 saturated heterocycles. The lowest BCUT2D eigenvalue weighted by Crippen LogP contribution is -2.17. The summed E-state index contributed by atoms with van der Waals surface area (Å²) in [6.45, 7) is 0. The summed E-state index contributed by atoms with van der Waals surface area (Å²) in [7, 11) is 0. The van der Waals surface area contributed by atoms with Crippen molar-refractivity contribution >= 4 is 34.5 Å². The summed E-state index contributed by atoms with van der Waals surface area (Å²) in [5.41, 5.74) is 5.77. The zero-order chi connectivity index (χ0) is 22.3. The first-order chi connectivity index (χ1) is 15.6. The van der Waals surface area contributed by atoms with E-state index in [-0.39, 0.29) is 10.8 Å².